The molecular weight excluding hydrogens is 234 g/mol. The Hall–Kier alpha value is -1.40. The first-order valence-corrected chi connectivity index (χ1v) is 7.38. The highest BCUT2D eigenvalue weighted by atomic mass is 15.1. The van der Waals surface area contributed by atoms with Gasteiger partial charge in [-0.15, -0.1) is 0 Å². The zero-order chi connectivity index (χ0) is 13.5. The summed E-state index contributed by atoms with van der Waals surface area (Å²) in [7, 11) is 0. The second kappa shape index (κ2) is 7.25. The summed E-state index contributed by atoms with van der Waals surface area (Å²) in [5, 5.41) is 9.08. The summed E-state index contributed by atoms with van der Waals surface area (Å²) in [6.45, 7) is 5.97. The van der Waals surface area contributed by atoms with Gasteiger partial charge in [-0.3, -0.25) is 4.98 Å². The number of nitriles is 1. The molecule has 1 aromatic heterocycles. The van der Waals surface area contributed by atoms with E-state index in [4.69, 9.17) is 5.26 Å². The summed E-state index contributed by atoms with van der Waals surface area (Å²) >= 11 is 0. The van der Waals surface area contributed by atoms with E-state index in [-0.39, 0.29) is 0 Å². The highest BCUT2D eigenvalue weighted by Gasteiger charge is 2.19. The Kier molecular flexibility index (Phi) is 5.35. The van der Waals surface area contributed by atoms with Gasteiger partial charge in [-0.25, -0.2) is 0 Å². The average molecular weight is 257 g/mol. The van der Waals surface area contributed by atoms with Crippen LogP contribution in [0.5, 0.6) is 0 Å². The van der Waals surface area contributed by atoms with Crippen LogP contribution in [0.1, 0.15) is 43.7 Å². The highest BCUT2D eigenvalue weighted by molar-refractivity contribution is 5.34. The first kappa shape index (κ1) is 14.0. The van der Waals surface area contributed by atoms with Crippen molar-refractivity contribution in [2.45, 2.75) is 39.0 Å². The van der Waals surface area contributed by atoms with Crippen molar-refractivity contribution < 1.29 is 0 Å². The molecule has 0 radical (unpaired) electrons. The number of piperidine rings is 1. The van der Waals surface area contributed by atoms with Gasteiger partial charge in [0.15, 0.2) is 0 Å². The smallest absolute Gasteiger partial charge is 0.0995 e. The summed E-state index contributed by atoms with van der Waals surface area (Å²) < 4.78 is 0. The maximum absolute atomic E-state index is 9.08. The third kappa shape index (κ3) is 4.04. The van der Waals surface area contributed by atoms with E-state index in [9.17, 15) is 0 Å². The van der Waals surface area contributed by atoms with Gasteiger partial charge >= 0.3 is 0 Å². The van der Waals surface area contributed by atoms with Crippen LogP contribution in [0.15, 0.2) is 18.5 Å². The van der Waals surface area contributed by atoms with Crippen LogP contribution in [0.3, 0.4) is 0 Å². The van der Waals surface area contributed by atoms with Gasteiger partial charge in [-0.2, -0.15) is 5.26 Å². The van der Waals surface area contributed by atoms with Gasteiger partial charge in [0.05, 0.1) is 11.6 Å². The molecule has 0 saturated carbocycles. The predicted octanol–water partition coefficient (Wildman–Crippen LogP) is 3.01. The van der Waals surface area contributed by atoms with Gasteiger partial charge in [0.2, 0.25) is 0 Å². The normalized spacial score (nSPS) is 20.1. The highest BCUT2D eigenvalue weighted by Crippen LogP contribution is 2.22. The minimum atomic E-state index is 0.784. The molecule has 0 N–H and O–H groups in total. The first-order chi connectivity index (χ1) is 9.33. The monoisotopic (exact) mass is 257 g/mol. The number of aromatic nitrogens is 1. The number of likely N-dealkylation sites (tertiary alicyclic amines) is 1. The molecule has 19 heavy (non-hydrogen) atoms. The number of pyridine rings is 1. The zero-order valence-electron chi connectivity index (χ0n) is 11.8. The quantitative estimate of drug-likeness (QED) is 0.814. The Morgan fingerprint density at radius 3 is 3.21 bits per heavy atom. The molecule has 2 rings (SSSR count). The third-order valence-corrected chi connectivity index (χ3v) is 3.99. The third-order valence-electron chi connectivity index (χ3n) is 3.99. The lowest BCUT2D eigenvalue weighted by Crippen LogP contribution is -2.36. The first-order valence-electron chi connectivity index (χ1n) is 7.38. The molecule has 2 heterocycles. The van der Waals surface area contributed by atoms with E-state index in [0.29, 0.717) is 0 Å². The van der Waals surface area contributed by atoms with E-state index in [1.165, 1.54) is 45.3 Å². The number of nitrogens with zero attached hydrogens (tertiary/aromatic N) is 3. The van der Waals surface area contributed by atoms with E-state index in [2.05, 4.69) is 22.9 Å². The van der Waals surface area contributed by atoms with Gasteiger partial charge in [0.1, 0.15) is 0 Å². The van der Waals surface area contributed by atoms with Gasteiger partial charge in [0.25, 0.3) is 0 Å². The second-order valence-corrected chi connectivity index (χ2v) is 5.49. The van der Waals surface area contributed by atoms with E-state index in [1.54, 1.807) is 6.20 Å². The van der Waals surface area contributed by atoms with Crippen LogP contribution in [0.2, 0.25) is 0 Å². The van der Waals surface area contributed by atoms with Crippen LogP contribution in [0.4, 0.5) is 0 Å². The molecular formula is C16H23N3. The maximum atomic E-state index is 9.08. The predicted molar refractivity (Wildman–Crippen MR) is 76.7 cm³/mol. The molecule has 1 aliphatic rings. The molecule has 1 aliphatic heterocycles. The fourth-order valence-corrected chi connectivity index (χ4v) is 3.00. The Morgan fingerprint density at radius 1 is 1.53 bits per heavy atom. The largest absolute Gasteiger partial charge is 0.303 e. The van der Waals surface area contributed by atoms with E-state index >= 15 is 0 Å². The molecule has 0 spiro atoms. The van der Waals surface area contributed by atoms with Crippen molar-refractivity contribution in [1.82, 2.24) is 9.88 Å². The minimum absolute atomic E-state index is 0.784. The molecule has 0 aromatic carbocycles. The molecule has 1 saturated heterocycles. The molecule has 0 amide bonds. The molecule has 1 fully saturated rings. The van der Waals surface area contributed by atoms with E-state index < -0.39 is 0 Å². The minimum Gasteiger partial charge on any atom is -0.303 e. The molecule has 0 bridgehead atoms. The molecule has 102 valence electrons. The topological polar surface area (TPSA) is 39.9 Å². The van der Waals surface area contributed by atoms with Crippen LogP contribution >= 0.6 is 0 Å². The molecule has 0 aliphatic carbocycles. The van der Waals surface area contributed by atoms with Crippen LogP contribution < -0.4 is 0 Å². The van der Waals surface area contributed by atoms with Crippen LogP contribution in [-0.4, -0.2) is 29.5 Å². The van der Waals surface area contributed by atoms with Crippen molar-refractivity contribution in [3.05, 3.63) is 29.6 Å². The summed E-state index contributed by atoms with van der Waals surface area (Å²) in [5.41, 5.74) is 1.90. The Balaban J connectivity index is 1.86. The summed E-state index contributed by atoms with van der Waals surface area (Å²) in [6.07, 6.45) is 9.62. The number of aryl methyl sites for hydroxylation is 1. The maximum Gasteiger partial charge on any atom is 0.0995 e. The molecule has 1 unspecified atom stereocenters. The van der Waals surface area contributed by atoms with Crippen molar-refractivity contribution in [2.75, 3.05) is 19.6 Å². The van der Waals surface area contributed by atoms with E-state index in [1.807, 2.05) is 12.3 Å². The Bertz CT molecular complexity index is 434. The van der Waals surface area contributed by atoms with Gasteiger partial charge < -0.3 is 4.90 Å². The molecule has 1 atom stereocenters. The lowest BCUT2D eigenvalue weighted by Gasteiger charge is -2.32. The Morgan fingerprint density at radius 2 is 2.42 bits per heavy atom. The van der Waals surface area contributed by atoms with Crippen LogP contribution in [0.25, 0.3) is 0 Å². The number of hydrogen-bond donors (Lipinski definition) is 0. The molecule has 3 heteroatoms. The lowest BCUT2D eigenvalue weighted by molar-refractivity contribution is 0.169. The second-order valence-electron chi connectivity index (χ2n) is 5.49. The molecule has 3 nitrogen and oxygen atoms in total. The summed E-state index contributed by atoms with van der Waals surface area (Å²) in [5.74, 6) is 0.784. The fraction of sp³-hybridized carbons (Fsp3) is 0.625. The van der Waals surface area contributed by atoms with Crippen molar-refractivity contribution >= 4 is 0 Å². The fourth-order valence-electron chi connectivity index (χ4n) is 3.00. The van der Waals surface area contributed by atoms with Crippen LogP contribution in [0, 0.1) is 17.2 Å². The summed E-state index contributed by atoms with van der Waals surface area (Å²) in [6, 6.07) is 4.08. The number of rotatable bonds is 5. The lowest BCUT2D eigenvalue weighted by atomic mass is 9.91. The van der Waals surface area contributed by atoms with E-state index in [0.717, 1.165) is 23.5 Å². The SMILES string of the molecule is CCCN1CCCC(CCc2cnccc2C#N)C1. The van der Waals surface area contributed by atoms with Crippen molar-refractivity contribution in [3.63, 3.8) is 0 Å². The van der Waals surface area contributed by atoms with Crippen LogP contribution in [-0.2, 0) is 6.42 Å². The molecule has 1 aromatic rings. The van der Waals surface area contributed by atoms with Crippen molar-refractivity contribution in [3.8, 4) is 6.07 Å². The zero-order valence-corrected chi connectivity index (χ0v) is 11.8. The Labute approximate surface area is 116 Å². The average Bonchev–Trinajstić information content (AvgIpc) is 2.46. The van der Waals surface area contributed by atoms with Gasteiger partial charge in [-0.05, 0) is 62.7 Å². The summed E-state index contributed by atoms with van der Waals surface area (Å²) in [4.78, 5) is 6.73. The van der Waals surface area contributed by atoms with Gasteiger partial charge in [0, 0.05) is 18.9 Å². The standard InChI is InChI=1S/C16H23N3/c1-2-9-19-10-3-4-14(13-19)5-6-16-12-18-8-7-15(16)11-17/h7-8,12,14H,2-6,9-10,13H2,1H3. The van der Waals surface area contributed by atoms with Gasteiger partial charge in [-0.1, -0.05) is 6.92 Å². The number of hydrogen-bond acceptors (Lipinski definition) is 3. The van der Waals surface area contributed by atoms with Crippen molar-refractivity contribution in [1.29, 1.82) is 5.26 Å². The van der Waals surface area contributed by atoms with Crippen molar-refractivity contribution in [2.24, 2.45) is 5.92 Å².